The van der Waals surface area contributed by atoms with Crippen LogP contribution in [0.4, 0.5) is 0 Å². The maximum absolute atomic E-state index is 6.69. The molecule has 0 aromatic heterocycles. The standard InChI is InChI=1S/C68H68O10Si.C62H52O7/c1-4-76-79(77-5-2,78-6-3)41-15-40-69-56(42-70-52-32-24-48(25-33-52)67(50-28-36-54(37-29-50)72-44-57-46-74-57)63-20-11-7-16-59(63)60-17-8-12-21-64(60)67)43-71-53-34-26-49(27-35-53)68(51-30-38-55(39-31-51)73-45-58-47-75-58)65-22-13-9-18-61(65)62-19-10-14-23-66(62)68;1-2-35-63-50(36-64-46-27-19-42(20-28-46)61(44-23-31-48(32-24-44)66-38-51-40-68-51)57-15-7-3-11-53(57)54-12-4-8-16-58(54)61)37-65-47-29-21-43(22-30-47)62(45-25-33-49(34-26-45)67-39-52-41-69-52)59-17-9-5-13-55(59)56-14-6-10-18-60(56)62/h7-14,16-39,56-58H,4-6,15,40-47H2,1-3H3;2-34,50-52H,1,35-41H2. The lowest BCUT2D eigenvalue weighted by molar-refractivity contribution is -0.00923. The van der Waals surface area contributed by atoms with Gasteiger partial charge in [-0.2, -0.15) is 0 Å². The van der Waals surface area contributed by atoms with Crippen LogP contribution in [0.1, 0.15) is 116 Å². The number of benzene rings is 16. The van der Waals surface area contributed by atoms with Crippen LogP contribution >= 0.6 is 0 Å². The summed E-state index contributed by atoms with van der Waals surface area (Å²) in [5, 5.41) is 0. The molecule has 4 atom stereocenters. The summed E-state index contributed by atoms with van der Waals surface area (Å²) >= 11 is 0. The monoisotopic (exact) mass is 1980 g/mol. The van der Waals surface area contributed by atoms with E-state index in [0.29, 0.717) is 85.1 Å². The Kier molecular flexibility index (Phi) is 28.3. The molecule has 24 rings (SSSR count). The van der Waals surface area contributed by atoms with Gasteiger partial charge < -0.3 is 79.6 Å². The molecule has 746 valence electrons. The second-order valence-electron chi connectivity index (χ2n) is 38.7. The van der Waals surface area contributed by atoms with Gasteiger partial charge in [0.05, 0.1) is 54.7 Å². The van der Waals surface area contributed by atoms with Crippen molar-refractivity contribution in [3.8, 4) is 90.5 Å². The van der Waals surface area contributed by atoms with E-state index in [4.69, 9.17) is 79.6 Å². The minimum absolute atomic E-state index is 0.180. The third kappa shape index (κ3) is 19.2. The first-order valence-electron chi connectivity index (χ1n) is 51.9. The first kappa shape index (κ1) is 96.9. The van der Waals surface area contributed by atoms with Crippen molar-refractivity contribution in [3.05, 3.63) is 490 Å². The largest absolute Gasteiger partial charge is 0.501 e. The number of rotatable bonds is 46. The van der Waals surface area contributed by atoms with E-state index < -0.39 is 36.6 Å². The minimum Gasteiger partial charge on any atom is -0.491 e. The average molecular weight is 1980 g/mol. The van der Waals surface area contributed by atoms with Crippen LogP contribution in [0.2, 0.25) is 6.04 Å². The van der Waals surface area contributed by atoms with Gasteiger partial charge in [-0.05, 0) is 258 Å². The van der Waals surface area contributed by atoms with E-state index in [1.807, 2.05) is 20.8 Å². The summed E-state index contributed by atoms with van der Waals surface area (Å²) in [5.41, 5.74) is 26.8. The Balaban J connectivity index is 0.000000164. The van der Waals surface area contributed by atoms with Crippen molar-refractivity contribution in [1.82, 2.24) is 0 Å². The van der Waals surface area contributed by atoms with Crippen molar-refractivity contribution < 1.29 is 79.6 Å². The molecule has 148 heavy (non-hydrogen) atoms. The van der Waals surface area contributed by atoms with E-state index in [9.17, 15) is 0 Å². The molecule has 4 aliphatic carbocycles. The summed E-state index contributed by atoms with van der Waals surface area (Å²) in [4.78, 5) is 0. The lowest BCUT2D eigenvalue weighted by atomic mass is 9.68. The maximum Gasteiger partial charge on any atom is 0.501 e. The molecule has 18 heteroatoms. The quantitative estimate of drug-likeness (QED) is 0.0153. The van der Waals surface area contributed by atoms with Crippen LogP contribution in [0.5, 0.6) is 46.0 Å². The normalized spacial score (nSPS) is 17.4. The van der Waals surface area contributed by atoms with Crippen LogP contribution < -0.4 is 37.9 Å². The summed E-state index contributed by atoms with van der Waals surface area (Å²) < 4.78 is 104. The van der Waals surface area contributed by atoms with Gasteiger partial charge in [0.25, 0.3) is 0 Å². The van der Waals surface area contributed by atoms with Crippen molar-refractivity contribution in [2.45, 2.75) is 91.5 Å². The fourth-order valence-electron chi connectivity index (χ4n) is 22.7. The molecule has 0 saturated carbocycles. The lowest BCUT2D eigenvalue weighted by Crippen LogP contribution is -2.46. The summed E-state index contributed by atoms with van der Waals surface area (Å²) in [6.45, 7) is 18.6. The molecule has 0 amide bonds. The first-order chi connectivity index (χ1) is 73.1. The summed E-state index contributed by atoms with van der Waals surface area (Å²) in [6.07, 6.45) is 2.41. The predicted molar refractivity (Wildman–Crippen MR) is 578 cm³/mol. The van der Waals surface area contributed by atoms with Crippen LogP contribution in [0.3, 0.4) is 0 Å². The Morgan fingerprint density at radius 2 is 0.439 bits per heavy atom. The van der Waals surface area contributed by atoms with Gasteiger partial charge in [0.1, 0.15) is 135 Å². The molecule has 4 unspecified atom stereocenters. The zero-order valence-corrected chi connectivity index (χ0v) is 84.6. The van der Waals surface area contributed by atoms with E-state index in [-0.39, 0.29) is 43.7 Å². The summed E-state index contributed by atoms with van der Waals surface area (Å²) in [6, 6.07) is 139. The fourth-order valence-corrected chi connectivity index (χ4v) is 25.3. The molecule has 4 heterocycles. The Hall–Kier alpha value is -14.5. The molecule has 0 radical (unpaired) electrons. The van der Waals surface area contributed by atoms with Gasteiger partial charge >= 0.3 is 8.80 Å². The van der Waals surface area contributed by atoms with Crippen LogP contribution in [-0.4, -0.2) is 158 Å². The number of fused-ring (bicyclic) bond motifs is 12. The van der Waals surface area contributed by atoms with E-state index in [1.165, 1.54) is 100 Å². The van der Waals surface area contributed by atoms with Gasteiger partial charge in [-0.15, -0.1) is 6.58 Å². The second-order valence-corrected chi connectivity index (χ2v) is 41.4. The van der Waals surface area contributed by atoms with Crippen molar-refractivity contribution in [3.63, 3.8) is 0 Å². The third-order valence-corrected chi connectivity index (χ3v) is 32.9. The Bertz CT molecular complexity index is 6680. The molecule has 4 aliphatic heterocycles. The zero-order valence-electron chi connectivity index (χ0n) is 83.6. The van der Waals surface area contributed by atoms with Crippen LogP contribution in [0.15, 0.2) is 401 Å². The predicted octanol–water partition coefficient (Wildman–Crippen LogP) is 25.2. The Morgan fingerprint density at radius 3 is 0.622 bits per heavy atom. The van der Waals surface area contributed by atoms with Gasteiger partial charge in [-0.25, -0.2) is 0 Å². The maximum atomic E-state index is 6.69. The smallest absolute Gasteiger partial charge is 0.491 e. The third-order valence-electron chi connectivity index (χ3n) is 29.7. The van der Waals surface area contributed by atoms with Crippen LogP contribution in [0, 0.1) is 0 Å². The molecule has 16 aromatic rings. The van der Waals surface area contributed by atoms with Gasteiger partial charge in [0, 0.05) is 32.5 Å². The lowest BCUT2D eigenvalue weighted by Gasteiger charge is -2.34. The van der Waals surface area contributed by atoms with E-state index in [2.05, 4.69) is 395 Å². The highest BCUT2D eigenvalue weighted by Gasteiger charge is 2.52. The highest BCUT2D eigenvalue weighted by Crippen LogP contribution is 2.62. The van der Waals surface area contributed by atoms with E-state index in [1.54, 1.807) is 6.08 Å². The van der Waals surface area contributed by atoms with Crippen LogP contribution in [-0.2, 0) is 63.4 Å². The molecular weight excluding hydrogens is 1860 g/mol. The molecule has 4 fully saturated rings. The van der Waals surface area contributed by atoms with Gasteiger partial charge in [0.15, 0.2) is 0 Å². The second kappa shape index (κ2) is 43.1. The van der Waals surface area contributed by atoms with Crippen molar-refractivity contribution in [2.75, 3.05) is 112 Å². The Morgan fingerprint density at radius 1 is 0.257 bits per heavy atom. The molecule has 8 aliphatic rings. The molecule has 0 N–H and O–H groups in total. The van der Waals surface area contributed by atoms with Gasteiger partial charge in [-0.3, -0.25) is 0 Å². The molecular formula is C130H120O17Si. The van der Waals surface area contributed by atoms with Crippen molar-refractivity contribution in [2.24, 2.45) is 0 Å². The highest BCUT2D eigenvalue weighted by atomic mass is 28.4. The molecule has 4 saturated heterocycles. The average Bonchev–Trinajstić information content (AvgIpc) is 1.55. The van der Waals surface area contributed by atoms with Crippen molar-refractivity contribution in [1.29, 1.82) is 0 Å². The first-order valence-corrected chi connectivity index (χ1v) is 53.9. The molecule has 17 nitrogen and oxygen atoms in total. The van der Waals surface area contributed by atoms with Crippen LogP contribution in [0.25, 0.3) is 44.5 Å². The number of epoxide rings is 4. The SMILES string of the molecule is C=CCOC(COc1ccc(C2(c3ccc(OCC4CO4)cc3)c3ccccc3-c3ccccc32)cc1)COc1ccc(C2(c3ccc(OCC4CO4)cc3)c3ccccc3-c3ccccc32)cc1.CCO[Si](CCCOC(COc1ccc(C2(c3ccc(OCC4CO4)cc3)c3ccccc3-c3ccccc32)cc1)COc1ccc(C2(c3ccc(OCC4CO4)cc3)c3ccccc3-c3ccccc32)cc1)(OCC)OCC. The number of hydrogen-bond acceptors (Lipinski definition) is 17. The minimum atomic E-state index is -2.88. The van der Waals surface area contributed by atoms with E-state index in [0.717, 1.165) is 106 Å². The molecule has 0 bridgehead atoms. The molecule has 16 aromatic carbocycles. The Labute approximate surface area is 867 Å². The molecule has 0 spiro atoms. The summed E-state index contributed by atoms with van der Waals surface area (Å²) in [5.74, 6) is 6.28. The van der Waals surface area contributed by atoms with Gasteiger partial charge in [-0.1, -0.05) is 297 Å². The van der Waals surface area contributed by atoms with Crippen molar-refractivity contribution >= 4 is 8.80 Å². The summed E-state index contributed by atoms with van der Waals surface area (Å²) in [7, 11) is -2.88. The zero-order chi connectivity index (χ0) is 99.9. The van der Waals surface area contributed by atoms with Gasteiger partial charge in [0.2, 0.25) is 0 Å². The number of hydrogen-bond donors (Lipinski definition) is 0. The topological polar surface area (TPSA) is 170 Å². The number of ether oxygens (including phenoxy) is 14. The fraction of sp³-hybridized carbons (Fsp3) is 0.246. The highest BCUT2D eigenvalue weighted by molar-refractivity contribution is 6.60. The van der Waals surface area contributed by atoms with E-state index >= 15 is 0 Å².